The molecule has 10 rings (SSSR count). The molecule has 18 N–H and O–H groups in total. The van der Waals surface area contributed by atoms with Gasteiger partial charge in [0.25, 0.3) is 0 Å². The quantitative estimate of drug-likeness (QED) is 0.0114. The lowest BCUT2D eigenvalue weighted by molar-refractivity contribution is -0.390. The molecule has 0 aromatic carbocycles. The Morgan fingerprint density at radius 3 is 1.49 bits per heavy atom. The van der Waals surface area contributed by atoms with Crippen molar-refractivity contribution in [2.45, 2.75) is 305 Å². The molecule has 10 aliphatic rings. The molecule has 626 valence electrons. The monoisotopic (exact) mass is 1580 g/mol. The van der Waals surface area contributed by atoms with Gasteiger partial charge in [-0.2, -0.15) is 0 Å². The van der Waals surface area contributed by atoms with E-state index in [1.165, 1.54) is 33.5 Å². The number of fused-ring (bicyclic) bond motifs is 1. The van der Waals surface area contributed by atoms with E-state index >= 15 is 0 Å². The predicted molar refractivity (Wildman–Crippen MR) is 363 cm³/mol. The van der Waals surface area contributed by atoms with Gasteiger partial charge < -0.3 is 163 Å². The number of esters is 4. The fourth-order valence-corrected chi connectivity index (χ4v) is 16.7. The highest BCUT2D eigenvalue weighted by molar-refractivity contribution is 5.90. The summed E-state index contributed by atoms with van der Waals surface area (Å²) in [5.41, 5.74) is 0. The molecule has 0 bridgehead atoms. The number of ether oxygens (including phenoxy) is 16. The maximum absolute atomic E-state index is 13.8. The van der Waals surface area contributed by atoms with Crippen molar-refractivity contribution < 1.29 is 187 Å². The molecular formula is C72H111O38+. The summed E-state index contributed by atoms with van der Waals surface area (Å²) in [6, 6.07) is 0. The van der Waals surface area contributed by atoms with Gasteiger partial charge in [0.1, 0.15) is 130 Å². The second-order valence-electron chi connectivity index (χ2n) is 30.5. The summed E-state index contributed by atoms with van der Waals surface area (Å²) in [5, 5.41) is 187. The lowest BCUT2D eigenvalue weighted by atomic mass is 9.72. The van der Waals surface area contributed by atoms with E-state index in [1.54, 1.807) is 12.2 Å². The molecular weight excluding hydrogens is 1470 g/mol. The topological polar surface area (TPSA) is 581 Å². The standard InChI is InChI=1S/C72H110O38/c1-95-42-18-31(6-13-38(42)76)8-16-52(81)98-27-47-57(86)60(89)64(93)69(106-47)101-35-11-4-30(5-12-35)7-15-51(80)99-28-49-59(88)63(92)68(110-72-67(62(91)56(85)46(26-73)105-72)109-53(82)17-9-32-19-43(96-2)55(84)44(20-32)97-3)71(108-49)104-45-24-36-40(102-66(45)33-10-14-37(75)39(77)21-33)22-34(74)23-41(36)103-70-65(94)61(90)58(87)48(107-70)29-100-54(83)25-50(78)79/h7-9,15-17,30-49,55-77,84-94H,4-6,10-14,18-29H2,1-3H3,(H,78,79)/p+1. The molecule has 0 aromatic heterocycles. The summed E-state index contributed by atoms with van der Waals surface area (Å²) in [4.78, 5) is 63.6. The van der Waals surface area contributed by atoms with Gasteiger partial charge in [-0.05, 0) is 101 Å². The van der Waals surface area contributed by atoms with E-state index in [0.717, 1.165) is 12.2 Å². The van der Waals surface area contributed by atoms with Crippen LogP contribution in [0.25, 0.3) is 0 Å². The number of rotatable bonds is 28. The van der Waals surface area contributed by atoms with Crippen LogP contribution in [0.2, 0.25) is 0 Å². The highest BCUT2D eigenvalue weighted by Crippen LogP contribution is 2.45. The Hall–Kier alpha value is -4.55. The highest BCUT2D eigenvalue weighted by atomic mass is 16.8. The second-order valence-corrected chi connectivity index (χ2v) is 30.5. The number of hydrogen-bond donors (Lipinski definition) is 17. The van der Waals surface area contributed by atoms with Crippen molar-refractivity contribution in [1.29, 1.82) is 0 Å². The van der Waals surface area contributed by atoms with Crippen molar-refractivity contribution in [3.63, 3.8) is 0 Å². The van der Waals surface area contributed by atoms with Gasteiger partial charge in [-0.15, -0.1) is 0 Å². The molecule has 5 heterocycles. The minimum Gasteiger partial charge on any atom is -0.481 e. The first kappa shape index (κ1) is 87.8. The summed E-state index contributed by atoms with van der Waals surface area (Å²) in [5.74, 6) is -7.69. The smallest absolute Gasteiger partial charge is 0.330 e. The Morgan fingerprint density at radius 2 is 0.900 bits per heavy atom. The number of allylic oxidation sites excluding steroid dienone is 3. The van der Waals surface area contributed by atoms with Crippen molar-refractivity contribution in [3.05, 3.63) is 36.5 Å². The minimum atomic E-state index is -2.16. The number of carbonyl (C=O) groups is 5. The van der Waals surface area contributed by atoms with E-state index in [2.05, 4.69) is 0 Å². The molecule has 5 aliphatic carbocycles. The number of aliphatic hydroxyl groups is 18. The summed E-state index contributed by atoms with van der Waals surface area (Å²) in [6.07, 6.45) is -37.5. The molecule has 110 heavy (non-hydrogen) atoms. The summed E-state index contributed by atoms with van der Waals surface area (Å²) < 4.78 is 93.0. The number of carbonyl (C=O) groups excluding carboxylic acids is 4. The van der Waals surface area contributed by atoms with Crippen molar-refractivity contribution in [1.82, 2.24) is 0 Å². The summed E-state index contributed by atoms with van der Waals surface area (Å²) >= 11 is 0. The molecule has 0 amide bonds. The maximum Gasteiger partial charge on any atom is 0.330 e. The number of carboxylic acids is 1. The zero-order valence-corrected chi connectivity index (χ0v) is 61.3. The highest BCUT2D eigenvalue weighted by Gasteiger charge is 2.59. The molecule has 38 heteroatoms. The van der Waals surface area contributed by atoms with Crippen LogP contribution in [-0.4, -0.2) is 371 Å². The van der Waals surface area contributed by atoms with Gasteiger partial charge in [-0.1, -0.05) is 18.2 Å². The largest absolute Gasteiger partial charge is 0.481 e. The third-order valence-electron chi connectivity index (χ3n) is 23.1. The number of methoxy groups -OCH3 is 3. The lowest BCUT2D eigenvalue weighted by Crippen LogP contribution is -2.66. The van der Waals surface area contributed by atoms with Gasteiger partial charge in [0, 0.05) is 58.3 Å². The fourth-order valence-electron chi connectivity index (χ4n) is 16.7. The van der Waals surface area contributed by atoms with Gasteiger partial charge in [0.15, 0.2) is 43.5 Å². The van der Waals surface area contributed by atoms with Gasteiger partial charge in [0.2, 0.25) is 0 Å². The molecule has 10 fully saturated rings. The third-order valence-corrected chi connectivity index (χ3v) is 23.1. The van der Waals surface area contributed by atoms with Crippen LogP contribution >= 0.6 is 0 Å². The first-order valence-corrected chi connectivity index (χ1v) is 37.8. The van der Waals surface area contributed by atoms with E-state index in [0.29, 0.717) is 44.9 Å². The van der Waals surface area contributed by atoms with Crippen LogP contribution in [0.3, 0.4) is 0 Å². The van der Waals surface area contributed by atoms with Gasteiger partial charge in [0.05, 0.1) is 67.5 Å². The van der Waals surface area contributed by atoms with E-state index in [9.17, 15) is 106 Å². The minimum absolute atomic E-state index is 0.0184. The zero-order chi connectivity index (χ0) is 79.5. The van der Waals surface area contributed by atoms with Crippen LogP contribution in [0.5, 0.6) is 0 Å². The molecule has 38 nitrogen and oxygen atoms in total. The average Bonchev–Trinajstić information content (AvgIpc) is 0.762. The van der Waals surface area contributed by atoms with E-state index in [1.807, 2.05) is 0 Å². The number of hydrogen-bond acceptors (Lipinski definition) is 36. The number of aliphatic hydroxyl groups excluding tert-OH is 16. The Labute approximate surface area is 633 Å². The van der Waals surface area contributed by atoms with Crippen LogP contribution in [0.1, 0.15) is 103 Å². The Bertz CT molecular complexity index is 3020. The summed E-state index contributed by atoms with van der Waals surface area (Å²) in [7, 11) is 4.30. The molecule has 5 saturated carbocycles. The lowest BCUT2D eigenvalue weighted by Gasteiger charge is -2.51. The molecule has 5 saturated heterocycles. The second kappa shape index (κ2) is 40.3. The number of carboxylic acid groups (broad SMARTS) is 1. The van der Waals surface area contributed by atoms with Crippen molar-refractivity contribution in [2.75, 3.05) is 47.8 Å². The Morgan fingerprint density at radius 1 is 0.409 bits per heavy atom. The van der Waals surface area contributed by atoms with E-state index < -0.39 is 277 Å². The molecule has 5 aliphatic heterocycles. The predicted octanol–water partition coefficient (Wildman–Crippen LogP) is -6.16. The van der Waals surface area contributed by atoms with E-state index in [4.69, 9.17) is 80.9 Å². The molecule has 34 unspecified atom stereocenters. The van der Waals surface area contributed by atoms with Crippen LogP contribution < -0.4 is 0 Å². The first-order valence-electron chi connectivity index (χ1n) is 37.8. The van der Waals surface area contributed by atoms with E-state index in [-0.39, 0.29) is 69.3 Å². The van der Waals surface area contributed by atoms with Crippen molar-refractivity contribution in [3.8, 4) is 0 Å². The van der Waals surface area contributed by atoms with Crippen molar-refractivity contribution >= 4 is 29.8 Å². The van der Waals surface area contributed by atoms with Crippen LogP contribution in [-0.2, 0) is 95.0 Å². The van der Waals surface area contributed by atoms with Gasteiger partial charge in [-0.3, -0.25) is 9.59 Å². The van der Waals surface area contributed by atoms with Crippen LogP contribution in [0, 0.1) is 29.6 Å². The Kier molecular flexibility index (Phi) is 32.2. The third kappa shape index (κ3) is 22.1. The Balaban J connectivity index is 0.848. The fraction of sp³-hybridized carbons (Fsp3) is 0.847. The van der Waals surface area contributed by atoms with Crippen molar-refractivity contribution in [2.24, 2.45) is 29.6 Å². The molecule has 34 atom stereocenters. The van der Waals surface area contributed by atoms with Gasteiger partial charge in [-0.25, -0.2) is 14.4 Å². The normalized spacial score (nSPS) is 45.6. The SMILES string of the molecule is COC1CC(C=CC(=O)OCC2OC(OC3CCC(C=CC(=O)OCC4OC(OC5CC6C(OC7OC(COC(=O)CC(=O)O)C(O)C(O)C7O)CC(O)CC6[OH+]C5C5CCC(O)C(O)C5)C(OC5OC(CO)C(O)C(O)C5OC(=O)C=CC5CC(OC)C(O)C(OC)C5)C(O)C4O)CC3)C(O)C(O)C2O)CCC1O. The zero-order valence-electron chi connectivity index (χ0n) is 61.3. The molecule has 0 spiro atoms. The van der Waals surface area contributed by atoms with Crippen LogP contribution in [0.15, 0.2) is 36.5 Å². The maximum atomic E-state index is 13.8. The number of aliphatic carboxylic acids is 1. The summed E-state index contributed by atoms with van der Waals surface area (Å²) in [6.45, 7) is -3.03. The molecule has 0 aromatic rings. The first-order chi connectivity index (χ1) is 52.4. The molecule has 0 radical (unpaired) electrons. The van der Waals surface area contributed by atoms with Gasteiger partial charge >= 0.3 is 29.8 Å². The average molecular weight is 1580 g/mol. The van der Waals surface area contributed by atoms with Crippen LogP contribution in [0.4, 0.5) is 0 Å².